The van der Waals surface area contributed by atoms with Crippen molar-refractivity contribution in [2.24, 2.45) is 0 Å². The molecule has 1 aromatic carbocycles. The van der Waals surface area contributed by atoms with Crippen molar-refractivity contribution in [3.8, 4) is 0 Å². The molecule has 0 saturated carbocycles. The van der Waals surface area contributed by atoms with Crippen LogP contribution in [0.3, 0.4) is 0 Å². The summed E-state index contributed by atoms with van der Waals surface area (Å²) in [6, 6.07) is 10.1. The second-order valence-corrected chi connectivity index (χ2v) is 5.29. The third-order valence-corrected chi connectivity index (χ3v) is 3.72. The van der Waals surface area contributed by atoms with Gasteiger partial charge in [0.15, 0.2) is 0 Å². The quantitative estimate of drug-likeness (QED) is 0.702. The zero-order chi connectivity index (χ0) is 16.4. The first-order chi connectivity index (χ1) is 11.1. The van der Waals surface area contributed by atoms with Crippen LogP contribution in [0.25, 0.3) is 0 Å². The van der Waals surface area contributed by atoms with Gasteiger partial charge in [0, 0.05) is 12.1 Å². The monoisotopic (exact) mass is 312 g/mol. The van der Waals surface area contributed by atoms with Crippen LogP contribution in [-0.4, -0.2) is 23.0 Å². The van der Waals surface area contributed by atoms with Gasteiger partial charge >= 0.3 is 0 Å². The molecule has 0 aliphatic carbocycles. The lowest BCUT2D eigenvalue weighted by atomic mass is 10.1. The molecule has 3 rings (SSSR count). The number of carbonyl (C=O) groups is 2. The van der Waals surface area contributed by atoms with Gasteiger partial charge in [-0.25, -0.2) is 4.68 Å². The number of nitrogens with zero attached hydrogens (tertiary/aromatic N) is 1. The van der Waals surface area contributed by atoms with E-state index < -0.39 is 11.5 Å². The van der Waals surface area contributed by atoms with Gasteiger partial charge in [-0.05, 0) is 36.6 Å². The van der Waals surface area contributed by atoms with Crippen molar-refractivity contribution in [2.75, 3.05) is 17.7 Å². The number of carbonyl (C=O) groups excluding carboxylic acids is 2. The van der Waals surface area contributed by atoms with Gasteiger partial charge in [0.1, 0.15) is 11.4 Å². The fourth-order valence-electron chi connectivity index (χ4n) is 2.57. The molecule has 2 heterocycles. The average molecular weight is 312 g/mol. The van der Waals surface area contributed by atoms with Crippen molar-refractivity contribution in [2.45, 2.75) is 12.8 Å². The molecule has 1 aliphatic heterocycles. The summed E-state index contributed by atoms with van der Waals surface area (Å²) >= 11 is 0. The number of hydrogen-bond donors (Lipinski definition) is 3. The summed E-state index contributed by atoms with van der Waals surface area (Å²) in [6.07, 6.45) is 1.34. The fraction of sp³-hybridized carbons (Fsp3) is 0.188. The molecule has 0 bridgehead atoms. The molecule has 2 amide bonds. The minimum Gasteiger partial charge on any atom is -0.351 e. The van der Waals surface area contributed by atoms with E-state index >= 15 is 0 Å². The number of nitrogens with two attached hydrogens (primary N) is 1. The summed E-state index contributed by atoms with van der Waals surface area (Å²) in [4.78, 5) is 36.5. The van der Waals surface area contributed by atoms with E-state index in [1.807, 2.05) is 0 Å². The normalized spacial score (nSPS) is 13.7. The SMILES string of the molecule is Nn1c2c(cc(NC(=O)c3ccccc3)c1=O)CCCNC2=O. The molecule has 0 spiro atoms. The van der Waals surface area contributed by atoms with Crippen molar-refractivity contribution in [1.82, 2.24) is 9.99 Å². The Balaban J connectivity index is 2.00. The van der Waals surface area contributed by atoms with Crippen LogP contribution < -0.4 is 22.0 Å². The standard InChI is InChI=1S/C16H16N4O3/c17-20-13-11(7-4-8-18-15(13)22)9-12(16(20)23)19-14(21)10-5-2-1-3-6-10/h1-3,5-6,9H,4,7-8,17H2,(H,18,22)(H,19,21). The van der Waals surface area contributed by atoms with Crippen molar-refractivity contribution >= 4 is 17.5 Å². The fourth-order valence-corrected chi connectivity index (χ4v) is 2.57. The Morgan fingerprint density at radius 2 is 1.96 bits per heavy atom. The topological polar surface area (TPSA) is 106 Å². The Hall–Kier alpha value is -3.09. The molecular formula is C16H16N4O3. The van der Waals surface area contributed by atoms with E-state index in [9.17, 15) is 14.4 Å². The highest BCUT2D eigenvalue weighted by atomic mass is 16.2. The summed E-state index contributed by atoms with van der Waals surface area (Å²) in [5, 5.41) is 5.26. The maximum absolute atomic E-state index is 12.3. The molecule has 0 fully saturated rings. The van der Waals surface area contributed by atoms with Crippen molar-refractivity contribution in [1.29, 1.82) is 0 Å². The number of anilines is 1. The highest BCUT2D eigenvalue weighted by Gasteiger charge is 2.22. The van der Waals surface area contributed by atoms with Crippen LogP contribution in [0.15, 0.2) is 41.2 Å². The minimum atomic E-state index is -0.620. The third kappa shape index (κ3) is 2.80. The van der Waals surface area contributed by atoms with Gasteiger partial charge in [0.2, 0.25) is 0 Å². The van der Waals surface area contributed by atoms with Crippen molar-refractivity contribution in [3.05, 3.63) is 63.6 Å². The van der Waals surface area contributed by atoms with Gasteiger partial charge in [0.25, 0.3) is 17.4 Å². The molecule has 1 aromatic heterocycles. The van der Waals surface area contributed by atoms with E-state index in [1.165, 1.54) is 6.07 Å². The van der Waals surface area contributed by atoms with Gasteiger partial charge in [-0.2, -0.15) is 0 Å². The predicted molar refractivity (Wildman–Crippen MR) is 85.9 cm³/mol. The minimum absolute atomic E-state index is 0.0646. The zero-order valence-electron chi connectivity index (χ0n) is 12.3. The van der Waals surface area contributed by atoms with Gasteiger partial charge in [-0.3, -0.25) is 14.4 Å². The molecule has 4 N–H and O–H groups in total. The number of aryl methyl sites for hydroxylation is 1. The molecular weight excluding hydrogens is 296 g/mol. The summed E-state index contributed by atoms with van der Waals surface area (Å²) < 4.78 is 0.802. The number of aromatic nitrogens is 1. The summed E-state index contributed by atoms with van der Waals surface area (Å²) in [6.45, 7) is 0.521. The van der Waals surface area contributed by atoms with E-state index in [1.54, 1.807) is 30.3 Å². The maximum Gasteiger partial charge on any atom is 0.293 e. The van der Waals surface area contributed by atoms with E-state index in [-0.39, 0.29) is 17.3 Å². The molecule has 23 heavy (non-hydrogen) atoms. The smallest absolute Gasteiger partial charge is 0.293 e. The Kier molecular flexibility index (Phi) is 3.84. The average Bonchev–Trinajstić information content (AvgIpc) is 2.74. The Morgan fingerprint density at radius 1 is 1.22 bits per heavy atom. The number of nitrogens with one attached hydrogen (secondary N) is 2. The molecule has 0 saturated heterocycles. The summed E-state index contributed by atoms with van der Waals surface area (Å²) in [7, 11) is 0. The van der Waals surface area contributed by atoms with E-state index in [2.05, 4.69) is 10.6 Å². The number of rotatable bonds is 2. The first-order valence-electron chi connectivity index (χ1n) is 7.26. The lowest BCUT2D eigenvalue weighted by Crippen LogP contribution is -2.38. The molecule has 0 unspecified atom stereocenters. The molecule has 118 valence electrons. The van der Waals surface area contributed by atoms with Crippen LogP contribution in [0.5, 0.6) is 0 Å². The predicted octanol–water partition coefficient (Wildman–Crippen LogP) is 0.490. The van der Waals surface area contributed by atoms with Crippen LogP contribution >= 0.6 is 0 Å². The van der Waals surface area contributed by atoms with Gasteiger partial charge in [-0.15, -0.1) is 0 Å². The van der Waals surface area contributed by atoms with Crippen LogP contribution in [0, 0.1) is 0 Å². The highest BCUT2D eigenvalue weighted by molar-refractivity contribution is 6.04. The number of amides is 2. The molecule has 7 heteroatoms. The lowest BCUT2D eigenvalue weighted by Gasteiger charge is -2.13. The summed E-state index contributed by atoms with van der Waals surface area (Å²) in [5.74, 6) is 4.99. The van der Waals surface area contributed by atoms with Gasteiger partial charge < -0.3 is 16.5 Å². The van der Waals surface area contributed by atoms with E-state index in [4.69, 9.17) is 5.84 Å². The molecule has 0 radical (unpaired) electrons. The first-order valence-corrected chi connectivity index (χ1v) is 7.26. The highest BCUT2D eigenvalue weighted by Crippen LogP contribution is 2.16. The largest absolute Gasteiger partial charge is 0.351 e. The molecule has 1 aliphatic rings. The first kappa shape index (κ1) is 14.8. The summed E-state index contributed by atoms with van der Waals surface area (Å²) in [5.41, 5.74) is 0.665. The van der Waals surface area contributed by atoms with Crippen LogP contribution in [0.4, 0.5) is 5.69 Å². The number of hydrogen-bond acceptors (Lipinski definition) is 4. The lowest BCUT2D eigenvalue weighted by molar-refractivity contribution is 0.0947. The second-order valence-electron chi connectivity index (χ2n) is 5.29. The Labute approximate surface area is 132 Å². The molecule has 7 nitrogen and oxygen atoms in total. The van der Waals surface area contributed by atoms with Gasteiger partial charge in [0.05, 0.1) is 0 Å². The van der Waals surface area contributed by atoms with E-state index in [0.717, 1.165) is 11.1 Å². The maximum atomic E-state index is 12.3. The Morgan fingerprint density at radius 3 is 2.70 bits per heavy atom. The van der Waals surface area contributed by atoms with Crippen LogP contribution in [0.2, 0.25) is 0 Å². The van der Waals surface area contributed by atoms with Crippen molar-refractivity contribution in [3.63, 3.8) is 0 Å². The van der Waals surface area contributed by atoms with Crippen molar-refractivity contribution < 1.29 is 9.59 Å². The number of benzene rings is 1. The number of pyridine rings is 1. The third-order valence-electron chi connectivity index (χ3n) is 3.72. The van der Waals surface area contributed by atoms with Gasteiger partial charge in [-0.1, -0.05) is 18.2 Å². The molecule has 2 aromatic rings. The number of nitrogen functional groups attached to an aromatic ring is 1. The van der Waals surface area contributed by atoms with E-state index in [0.29, 0.717) is 24.1 Å². The Bertz CT molecular complexity index is 827. The van der Waals surface area contributed by atoms with Crippen LogP contribution in [0.1, 0.15) is 32.8 Å². The number of fused-ring (bicyclic) bond motifs is 1. The zero-order valence-corrected chi connectivity index (χ0v) is 12.3. The molecule has 0 atom stereocenters. The van der Waals surface area contributed by atoms with Crippen LogP contribution in [-0.2, 0) is 6.42 Å². The second kappa shape index (κ2) is 5.96.